The van der Waals surface area contributed by atoms with E-state index in [1.54, 1.807) is 36.4 Å². The summed E-state index contributed by atoms with van der Waals surface area (Å²) < 4.78 is 131. The molecule has 0 saturated carbocycles. The van der Waals surface area contributed by atoms with Gasteiger partial charge >= 0.3 is 59.1 Å². The van der Waals surface area contributed by atoms with Crippen LogP contribution in [0.4, 0.5) is 0 Å². The number of unbranched alkanes of at least 4 members (excludes halogenated alkanes) is 18. The molecule has 0 N–H and O–H groups in total. The first-order valence-corrected chi connectivity index (χ1v) is 26.9. The third-order valence-corrected chi connectivity index (χ3v) is 15.0. The first kappa shape index (κ1) is 59.1. The minimum absolute atomic E-state index is 0. The van der Waals surface area contributed by atoms with Crippen LogP contribution in [0.2, 0.25) is 0 Å². The van der Waals surface area contributed by atoms with E-state index in [4.69, 9.17) is 8.37 Å². The van der Waals surface area contributed by atoms with Gasteiger partial charge in [-0.05, 0) is 35.7 Å². The van der Waals surface area contributed by atoms with Crippen LogP contribution in [0.3, 0.4) is 0 Å². The zero-order valence-electron chi connectivity index (χ0n) is 37.0. The van der Waals surface area contributed by atoms with E-state index in [-0.39, 0.29) is 83.1 Å². The standard InChI is InChI=1S/2C22H32O6S2.2Na/c2*1-2-3-4-5-6-7-8-9-10-13-18-28-30(26,27)22-20-15-12-11-14-19(20)16-17-21(22)29(23,24)25;;/h2*11-12,14-17H,2-10,13,18H2,1H3,(H,23,24,25);;/q;;2*+1/p-2. The number of hydrogen-bond acceptors (Lipinski definition) is 12. The second-order valence-corrected chi connectivity index (χ2v) is 20.9. The van der Waals surface area contributed by atoms with E-state index in [1.165, 1.54) is 101 Å². The van der Waals surface area contributed by atoms with Crippen molar-refractivity contribution in [1.82, 2.24) is 0 Å². The van der Waals surface area contributed by atoms with Crippen molar-refractivity contribution in [3.63, 3.8) is 0 Å². The molecule has 4 rings (SSSR count). The van der Waals surface area contributed by atoms with Crippen molar-refractivity contribution in [2.24, 2.45) is 0 Å². The van der Waals surface area contributed by atoms with Gasteiger partial charge in [0.1, 0.15) is 30.0 Å². The maximum absolute atomic E-state index is 12.7. The van der Waals surface area contributed by atoms with Gasteiger partial charge in [-0.15, -0.1) is 0 Å². The van der Waals surface area contributed by atoms with Crippen molar-refractivity contribution in [3.8, 4) is 0 Å². The van der Waals surface area contributed by atoms with Crippen LogP contribution in [0, 0.1) is 0 Å². The molecule has 0 saturated heterocycles. The summed E-state index contributed by atoms with van der Waals surface area (Å²) in [6.45, 7) is 4.31. The zero-order valence-corrected chi connectivity index (χ0v) is 44.3. The smallest absolute Gasteiger partial charge is 0.744 e. The fourth-order valence-electron chi connectivity index (χ4n) is 6.99. The van der Waals surface area contributed by atoms with Gasteiger partial charge in [0.25, 0.3) is 20.2 Å². The molecule has 62 heavy (non-hydrogen) atoms. The minimum atomic E-state index is -4.97. The third-order valence-electron chi connectivity index (χ3n) is 10.2. The average Bonchev–Trinajstić information content (AvgIpc) is 3.20. The van der Waals surface area contributed by atoms with Crippen LogP contribution >= 0.6 is 0 Å². The van der Waals surface area contributed by atoms with Crippen LogP contribution in [0.15, 0.2) is 92.4 Å². The van der Waals surface area contributed by atoms with Crippen LogP contribution in [0.25, 0.3) is 21.5 Å². The van der Waals surface area contributed by atoms with E-state index in [1.807, 2.05) is 0 Å². The number of rotatable bonds is 28. The number of benzene rings is 4. The van der Waals surface area contributed by atoms with E-state index < -0.39 is 60.1 Å². The largest absolute Gasteiger partial charge is 1.00 e. The van der Waals surface area contributed by atoms with Crippen LogP contribution in [-0.2, 0) is 48.8 Å². The van der Waals surface area contributed by atoms with E-state index >= 15 is 0 Å². The van der Waals surface area contributed by atoms with Crippen molar-refractivity contribution >= 4 is 62.0 Å². The Morgan fingerprint density at radius 2 is 0.661 bits per heavy atom. The zero-order chi connectivity index (χ0) is 44.1. The van der Waals surface area contributed by atoms with Gasteiger partial charge in [0.2, 0.25) is 0 Å². The SMILES string of the molecule is CCCCCCCCCCCCOS(=O)(=O)c1c(S(=O)(=O)[O-])ccc2ccccc12.CCCCCCCCCCCCOS(=O)(=O)c1c(S(=O)(=O)[O-])ccc2ccccc12.[Na+].[Na+]. The van der Waals surface area contributed by atoms with Crippen LogP contribution in [0.5, 0.6) is 0 Å². The Morgan fingerprint density at radius 3 is 0.952 bits per heavy atom. The van der Waals surface area contributed by atoms with E-state index in [0.717, 1.165) is 50.7 Å². The summed E-state index contributed by atoms with van der Waals surface area (Å²) in [5, 5.41) is 1.37. The van der Waals surface area contributed by atoms with E-state index in [2.05, 4.69) is 13.8 Å². The summed E-state index contributed by atoms with van der Waals surface area (Å²) in [5.74, 6) is 0. The molecule has 0 unspecified atom stereocenters. The van der Waals surface area contributed by atoms with Gasteiger partial charge in [0, 0.05) is 10.8 Å². The van der Waals surface area contributed by atoms with Gasteiger partial charge in [-0.25, -0.2) is 16.8 Å². The Hall–Kier alpha value is -0.960. The Kier molecular flexibility index (Phi) is 28.9. The fraction of sp³-hybridized carbons (Fsp3) is 0.545. The Bertz CT molecular complexity index is 2210. The van der Waals surface area contributed by atoms with E-state index in [9.17, 15) is 42.8 Å². The van der Waals surface area contributed by atoms with Crippen molar-refractivity contribution in [1.29, 1.82) is 0 Å². The fourth-order valence-corrected chi connectivity index (χ4v) is 11.8. The summed E-state index contributed by atoms with van der Waals surface area (Å²) in [7, 11) is -18.7. The molecule has 4 aromatic rings. The van der Waals surface area contributed by atoms with Crippen molar-refractivity contribution in [2.45, 2.75) is 162 Å². The molecule has 0 bridgehead atoms. The molecule has 0 aliphatic heterocycles. The van der Waals surface area contributed by atoms with Gasteiger partial charge in [-0.3, -0.25) is 8.37 Å². The quantitative estimate of drug-likeness (QED) is 0.0328. The molecular weight excluding hydrogens is 895 g/mol. The van der Waals surface area contributed by atoms with Crippen molar-refractivity contribution in [2.75, 3.05) is 13.2 Å². The second kappa shape index (κ2) is 30.4. The van der Waals surface area contributed by atoms with Crippen molar-refractivity contribution in [3.05, 3.63) is 72.8 Å². The topological polar surface area (TPSA) is 201 Å². The first-order chi connectivity index (χ1) is 28.5. The summed E-state index contributed by atoms with van der Waals surface area (Å²) in [6, 6.07) is 17.7. The maximum Gasteiger partial charge on any atom is 1.00 e. The molecule has 18 heteroatoms. The molecule has 0 atom stereocenters. The summed E-state index contributed by atoms with van der Waals surface area (Å²) in [5.41, 5.74) is 0. The minimum Gasteiger partial charge on any atom is -0.744 e. The van der Waals surface area contributed by atoms with Gasteiger partial charge in [0.05, 0.1) is 23.0 Å². The van der Waals surface area contributed by atoms with Crippen LogP contribution in [-0.4, -0.2) is 56.0 Å². The summed E-state index contributed by atoms with van der Waals surface area (Å²) >= 11 is 0. The second-order valence-electron chi connectivity index (χ2n) is 15.1. The third kappa shape index (κ3) is 20.3. The predicted octanol–water partition coefficient (Wildman–Crippen LogP) is 4.75. The van der Waals surface area contributed by atoms with Gasteiger partial charge in [0.15, 0.2) is 0 Å². The van der Waals surface area contributed by atoms with E-state index in [0.29, 0.717) is 23.6 Å². The Morgan fingerprint density at radius 1 is 0.387 bits per heavy atom. The van der Waals surface area contributed by atoms with Crippen molar-refractivity contribution < 1.29 is 110 Å². The molecule has 0 aromatic heterocycles. The molecule has 0 heterocycles. The number of hydrogen-bond donors (Lipinski definition) is 0. The molecule has 0 radical (unpaired) electrons. The van der Waals surface area contributed by atoms with Gasteiger partial charge in [-0.2, -0.15) is 16.8 Å². The molecule has 0 aliphatic rings. The molecule has 4 aromatic carbocycles. The Balaban J connectivity index is 0.000000601. The van der Waals surface area contributed by atoms with Crippen LogP contribution < -0.4 is 59.1 Å². The predicted molar refractivity (Wildman–Crippen MR) is 234 cm³/mol. The summed E-state index contributed by atoms with van der Waals surface area (Å²) in [6.07, 6.45) is 22.0. The first-order valence-electron chi connectivity index (χ1n) is 21.3. The normalized spacial score (nSPS) is 12.1. The monoisotopic (exact) mass is 956 g/mol. The maximum atomic E-state index is 12.7. The molecule has 12 nitrogen and oxygen atoms in total. The Labute approximate surface area is 416 Å². The molecular formula is C44H62Na2O12S4. The average molecular weight is 957 g/mol. The van der Waals surface area contributed by atoms with Gasteiger partial charge < -0.3 is 9.11 Å². The molecule has 0 amide bonds. The molecule has 0 aliphatic carbocycles. The van der Waals surface area contributed by atoms with Crippen LogP contribution in [0.1, 0.15) is 142 Å². The molecule has 0 fully saturated rings. The molecule has 336 valence electrons. The summed E-state index contributed by atoms with van der Waals surface area (Å²) in [4.78, 5) is -2.68. The van der Waals surface area contributed by atoms with Gasteiger partial charge in [-0.1, -0.05) is 190 Å². The molecule has 0 spiro atoms. The number of fused-ring (bicyclic) bond motifs is 2.